The summed E-state index contributed by atoms with van der Waals surface area (Å²) in [6.07, 6.45) is 0.743. The molecule has 0 bridgehead atoms. The van der Waals surface area contributed by atoms with E-state index in [-0.39, 0.29) is 50.7 Å². The number of hydrogen-bond donors (Lipinski definition) is 6. The number of aliphatic hydroxyl groups excluding tert-OH is 2. The molecule has 8 N–H and O–H groups in total. The van der Waals surface area contributed by atoms with E-state index in [1.165, 1.54) is 12.1 Å². The van der Waals surface area contributed by atoms with Crippen LogP contribution in [0.15, 0.2) is 60.7 Å². The van der Waals surface area contributed by atoms with Crippen LogP contribution in [0.5, 0.6) is 23.0 Å². The van der Waals surface area contributed by atoms with Crippen LogP contribution in [0.2, 0.25) is 0 Å². The van der Waals surface area contributed by atoms with Gasteiger partial charge in [0.2, 0.25) is 0 Å². The number of anilines is 2. The number of aromatic hydroxyl groups is 2. The van der Waals surface area contributed by atoms with Crippen LogP contribution in [-0.4, -0.2) is 52.3 Å². The Bertz CT molecular complexity index is 1700. The summed E-state index contributed by atoms with van der Waals surface area (Å²) in [7, 11) is 0. The Morgan fingerprint density at radius 2 is 1.28 bits per heavy atom. The van der Waals surface area contributed by atoms with Crippen molar-refractivity contribution < 1.29 is 39.4 Å². The van der Waals surface area contributed by atoms with Crippen LogP contribution < -0.4 is 20.9 Å². The molecule has 4 aromatic carbocycles. The summed E-state index contributed by atoms with van der Waals surface area (Å²) in [6, 6.07) is 17.0. The predicted molar refractivity (Wildman–Crippen MR) is 176 cm³/mol. The van der Waals surface area contributed by atoms with Crippen molar-refractivity contribution in [2.75, 3.05) is 31.3 Å². The molecule has 0 saturated heterocycles. The van der Waals surface area contributed by atoms with Crippen LogP contribution in [0.3, 0.4) is 0 Å². The summed E-state index contributed by atoms with van der Waals surface area (Å²) in [6.45, 7) is 5.25. The molecule has 4 aromatic rings. The van der Waals surface area contributed by atoms with E-state index in [9.17, 15) is 25.2 Å². The molecule has 10 heteroatoms. The van der Waals surface area contributed by atoms with E-state index >= 15 is 0 Å². The summed E-state index contributed by atoms with van der Waals surface area (Å²) in [4.78, 5) is 13.9. The Balaban J connectivity index is 1.42. The Kier molecular flexibility index (Phi) is 10.0. The van der Waals surface area contributed by atoms with E-state index in [4.69, 9.17) is 25.7 Å². The lowest BCUT2D eigenvalue weighted by molar-refractivity contribution is -0.102. The number of ketones is 1. The van der Waals surface area contributed by atoms with E-state index < -0.39 is 18.2 Å². The second-order valence-electron chi connectivity index (χ2n) is 11.2. The van der Waals surface area contributed by atoms with Gasteiger partial charge >= 0.3 is 0 Å². The van der Waals surface area contributed by atoms with Crippen molar-refractivity contribution in [2.24, 2.45) is 0 Å². The zero-order valence-electron chi connectivity index (χ0n) is 26.0. The van der Waals surface area contributed by atoms with Crippen molar-refractivity contribution >= 4 is 17.2 Å². The SMILES string of the molecule is CCCCOc1ccc(-c2cc(N)c3c(c2O)C(O)c2c(N)cc(-c4ccc(OCCCOC(O)CC)cc4)c(O)c2C3=O)cc1. The monoisotopic (exact) mass is 628 g/mol. The Morgan fingerprint density at radius 1 is 0.739 bits per heavy atom. The molecular weight excluding hydrogens is 588 g/mol. The first-order valence-corrected chi connectivity index (χ1v) is 15.5. The van der Waals surface area contributed by atoms with Crippen LogP contribution in [0, 0.1) is 0 Å². The molecule has 0 fully saturated rings. The summed E-state index contributed by atoms with van der Waals surface area (Å²) >= 11 is 0. The van der Waals surface area contributed by atoms with Crippen LogP contribution in [-0.2, 0) is 4.74 Å². The van der Waals surface area contributed by atoms with Gasteiger partial charge in [-0.05, 0) is 60.4 Å². The first-order valence-electron chi connectivity index (χ1n) is 15.5. The number of hydrogen-bond acceptors (Lipinski definition) is 10. The molecule has 1 aliphatic carbocycles. The second-order valence-corrected chi connectivity index (χ2v) is 11.2. The minimum Gasteiger partial charge on any atom is -0.507 e. The summed E-state index contributed by atoms with van der Waals surface area (Å²) in [5.41, 5.74) is 14.4. The van der Waals surface area contributed by atoms with Crippen molar-refractivity contribution in [2.45, 2.75) is 51.9 Å². The van der Waals surface area contributed by atoms with Gasteiger partial charge in [0.1, 0.15) is 29.1 Å². The quantitative estimate of drug-likeness (QED) is 0.0451. The normalized spacial score (nSPS) is 14.4. The average molecular weight is 629 g/mol. The lowest BCUT2D eigenvalue weighted by Gasteiger charge is -2.29. The number of phenolic OH excluding ortho intramolecular Hbond substituents is 2. The van der Waals surface area contributed by atoms with E-state index in [2.05, 4.69) is 6.92 Å². The van der Waals surface area contributed by atoms with Gasteiger partial charge < -0.3 is 46.1 Å². The highest BCUT2D eigenvalue weighted by Gasteiger charge is 2.39. The fourth-order valence-corrected chi connectivity index (χ4v) is 5.56. The zero-order valence-corrected chi connectivity index (χ0v) is 26.0. The minimum atomic E-state index is -1.53. The van der Waals surface area contributed by atoms with Crippen molar-refractivity contribution in [3.05, 3.63) is 82.9 Å². The first kappa shape index (κ1) is 32.6. The fourth-order valence-electron chi connectivity index (χ4n) is 5.56. The van der Waals surface area contributed by atoms with Gasteiger partial charge in [-0.15, -0.1) is 0 Å². The lowest BCUT2D eigenvalue weighted by Crippen LogP contribution is -2.23. The molecule has 0 spiro atoms. The molecule has 0 heterocycles. The third-order valence-corrected chi connectivity index (χ3v) is 8.06. The van der Waals surface area contributed by atoms with Gasteiger partial charge in [-0.3, -0.25) is 4.79 Å². The van der Waals surface area contributed by atoms with Crippen LogP contribution >= 0.6 is 0 Å². The minimum absolute atomic E-state index is 0.000589. The maximum Gasteiger partial charge on any atom is 0.199 e. The van der Waals surface area contributed by atoms with Gasteiger partial charge in [0.15, 0.2) is 12.1 Å². The molecule has 0 amide bonds. The molecule has 5 rings (SSSR count). The van der Waals surface area contributed by atoms with Crippen LogP contribution in [0.1, 0.15) is 72.7 Å². The Morgan fingerprint density at radius 3 is 1.85 bits per heavy atom. The second kappa shape index (κ2) is 14.1. The topological polar surface area (TPSA) is 178 Å². The number of nitrogen functional groups attached to an aromatic ring is 2. The Hall–Kier alpha value is -4.77. The third-order valence-electron chi connectivity index (χ3n) is 8.06. The molecule has 0 saturated carbocycles. The van der Waals surface area contributed by atoms with E-state index in [1.54, 1.807) is 48.5 Å². The van der Waals surface area contributed by atoms with Crippen molar-refractivity contribution in [1.29, 1.82) is 0 Å². The zero-order chi connectivity index (χ0) is 33.0. The van der Waals surface area contributed by atoms with Crippen molar-refractivity contribution in [1.82, 2.24) is 0 Å². The highest BCUT2D eigenvalue weighted by Crippen LogP contribution is 2.51. The molecule has 242 valence electrons. The lowest BCUT2D eigenvalue weighted by atomic mass is 9.78. The van der Waals surface area contributed by atoms with Crippen molar-refractivity contribution in [3.63, 3.8) is 0 Å². The van der Waals surface area contributed by atoms with Gasteiger partial charge in [0.25, 0.3) is 0 Å². The number of ether oxygens (including phenoxy) is 3. The van der Waals surface area contributed by atoms with E-state index in [0.717, 1.165) is 12.8 Å². The number of carbonyl (C=O) groups is 1. The molecular formula is C36H40N2O8. The smallest absolute Gasteiger partial charge is 0.199 e. The van der Waals surface area contributed by atoms with Gasteiger partial charge in [0, 0.05) is 40.0 Å². The number of unbranched alkanes of at least 4 members (excludes halogenated alkanes) is 1. The highest BCUT2D eigenvalue weighted by atomic mass is 16.6. The molecule has 1 aliphatic rings. The fraction of sp³-hybridized carbons (Fsp3) is 0.306. The highest BCUT2D eigenvalue weighted by molar-refractivity contribution is 6.19. The summed E-state index contributed by atoms with van der Waals surface area (Å²) < 4.78 is 16.7. The van der Waals surface area contributed by atoms with Gasteiger partial charge in [-0.2, -0.15) is 0 Å². The number of fused-ring (bicyclic) bond motifs is 2. The van der Waals surface area contributed by atoms with Gasteiger partial charge in [0.05, 0.1) is 30.9 Å². The first-order chi connectivity index (χ1) is 22.2. The predicted octanol–water partition coefficient (Wildman–Crippen LogP) is 5.92. The summed E-state index contributed by atoms with van der Waals surface area (Å²) in [5.74, 6) is -0.0515. The molecule has 46 heavy (non-hydrogen) atoms. The average Bonchev–Trinajstić information content (AvgIpc) is 3.05. The van der Waals surface area contributed by atoms with E-state index in [1.807, 2.05) is 6.92 Å². The van der Waals surface area contributed by atoms with Crippen LogP contribution in [0.25, 0.3) is 22.3 Å². The van der Waals surface area contributed by atoms with E-state index in [0.29, 0.717) is 60.9 Å². The van der Waals surface area contributed by atoms with Gasteiger partial charge in [-0.1, -0.05) is 44.5 Å². The maximum absolute atomic E-state index is 13.9. The number of rotatable bonds is 13. The maximum atomic E-state index is 13.9. The number of phenols is 2. The van der Waals surface area contributed by atoms with Gasteiger partial charge in [-0.25, -0.2) is 0 Å². The number of nitrogens with two attached hydrogens (primary N) is 2. The standard InChI is InChI=1S/C36H40N2O8/c1-3-5-15-44-22-11-7-20(8-12-22)24-18-26(37)29-31(33(24)40)35(42)30-27(38)19-25(34(41)32(30)36(29)43)21-9-13-23(14-10-21)45-16-6-17-46-28(39)4-2/h7-14,18-19,28,35,39-42H,3-6,15-17,37-38H2,1-2H3. The number of aliphatic hydroxyl groups is 2. The molecule has 2 atom stereocenters. The molecule has 2 unspecified atom stereocenters. The largest absolute Gasteiger partial charge is 0.507 e. The summed E-state index contributed by atoms with van der Waals surface area (Å²) in [5, 5.41) is 43.8. The Labute approximate surface area is 267 Å². The number of benzene rings is 4. The molecule has 10 nitrogen and oxygen atoms in total. The number of carbonyl (C=O) groups excluding carboxylic acids is 1. The van der Waals surface area contributed by atoms with Crippen molar-refractivity contribution in [3.8, 4) is 45.3 Å². The third kappa shape index (κ3) is 6.46. The molecule has 0 radical (unpaired) electrons. The molecule has 0 aliphatic heterocycles. The molecule has 0 aromatic heterocycles. The van der Waals surface area contributed by atoms with Crippen LogP contribution in [0.4, 0.5) is 11.4 Å².